The van der Waals surface area contributed by atoms with Crippen LogP contribution >= 0.6 is 0 Å². The number of carboxylic acids is 1. The molecule has 31 heavy (non-hydrogen) atoms. The van der Waals surface area contributed by atoms with Crippen LogP contribution in [0.3, 0.4) is 0 Å². The van der Waals surface area contributed by atoms with Gasteiger partial charge in [-0.05, 0) is 38.7 Å². The SMILES string of the molecule is CC(C)N1[C@H](Cn2cncn2)C[C@@H]2CN(c3ncccn3)CC[C@@H]21.O=C(O)C(F)(F)F. The lowest BCUT2D eigenvalue weighted by atomic mass is 9.92. The van der Waals surface area contributed by atoms with Gasteiger partial charge in [0, 0.05) is 43.6 Å². The lowest BCUT2D eigenvalue weighted by molar-refractivity contribution is -0.192. The molecule has 4 heterocycles. The van der Waals surface area contributed by atoms with E-state index in [1.54, 1.807) is 6.33 Å². The molecule has 0 saturated carbocycles. The molecule has 0 aliphatic carbocycles. The number of anilines is 1. The van der Waals surface area contributed by atoms with Crippen LogP contribution in [0.2, 0.25) is 0 Å². The first-order valence-corrected chi connectivity index (χ1v) is 10.1. The number of fused-ring (bicyclic) bond motifs is 1. The maximum atomic E-state index is 10.6. The van der Waals surface area contributed by atoms with Gasteiger partial charge in [0.1, 0.15) is 12.7 Å². The minimum absolute atomic E-state index is 0.526. The van der Waals surface area contributed by atoms with Gasteiger partial charge >= 0.3 is 12.1 Å². The van der Waals surface area contributed by atoms with Gasteiger partial charge in [0.15, 0.2) is 0 Å². The third-order valence-corrected chi connectivity index (χ3v) is 5.61. The molecule has 0 amide bonds. The van der Waals surface area contributed by atoms with E-state index in [1.165, 1.54) is 12.8 Å². The number of halogens is 3. The van der Waals surface area contributed by atoms with Crippen molar-refractivity contribution in [1.29, 1.82) is 0 Å². The van der Waals surface area contributed by atoms with Crippen LogP contribution in [-0.2, 0) is 11.3 Å². The van der Waals surface area contributed by atoms with E-state index >= 15 is 0 Å². The first kappa shape index (κ1) is 22.9. The highest BCUT2D eigenvalue weighted by atomic mass is 19.4. The van der Waals surface area contributed by atoms with Crippen molar-refractivity contribution in [2.24, 2.45) is 5.92 Å². The van der Waals surface area contributed by atoms with E-state index in [1.807, 2.05) is 29.5 Å². The van der Waals surface area contributed by atoms with Crippen LogP contribution < -0.4 is 4.90 Å². The van der Waals surface area contributed by atoms with Crippen LogP contribution in [0.5, 0.6) is 0 Å². The molecular formula is C19H26F3N7O2. The second-order valence-corrected chi connectivity index (χ2v) is 7.96. The zero-order valence-electron chi connectivity index (χ0n) is 17.4. The summed E-state index contributed by atoms with van der Waals surface area (Å²) in [6.07, 6.45) is 4.40. The maximum absolute atomic E-state index is 10.6. The monoisotopic (exact) mass is 441 g/mol. The molecule has 0 aromatic carbocycles. The Morgan fingerprint density at radius 1 is 1.29 bits per heavy atom. The Balaban J connectivity index is 0.000000339. The number of rotatable bonds is 4. The second kappa shape index (κ2) is 9.58. The predicted molar refractivity (Wildman–Crippen MR) is 105 cm³/mol. The number of hydrogen-bond donors (Lipinski definition) is 1. The first-order chi connectivity index (χ1) is 14.7. The zero-order chi connectivity index (χ0) is 22.6. The van der Waals surface area contributed by atoms with Crippen LogP contribution in [0.15, 0.2) is 31.1 Å². The van der Waals surface area contributed by atoms with Crippen molar-refractivity contribution in [2.75, 3.05) is 18.0 Å². The van der Waals surface area contributed by atoms with Gasteiger partial charge in [0.25, 0.3) is 0 Å². The third-order valence-electron chi connectivity index (χ3n) is 5.61. The summed E-state index contributed by atoms with van der Waals surface area (Å²) in [6, 6.07) is 3.60. The normalized spacial score (nSPS) is 23.9. The fraction of sp³-hybridized carbons (Fsp3) is 0.632. The summed E-state index contributed by atoms with van der Waals surface area (Å²) < 4.78 is 33.7. The summed E-state index contributed by atoms with van der Waals surface area (Å²) in [5.74, 6) is -1.22. The summed E-state index contributed by atoms with van der Waals surface area (Å²) >= 11 is 0. The van der Waals surface area contributed by atoms with Crippen molar-refractivity contribution in [1.82, 2.24) is 29.6 Å². The minimum atomic E-state index is -5.08. The van der Waals surface area contributed by atoms with E-state index in [-0.39, 0.29) is 0 Å². The number of piperidine rings is 1. The first-order valence-electron chi connectivity index (χ1n) is 10.1. The second-order valence-electron chi connectivity index (χ2n) is 7.96. The number of carboxylic acid groups (broad SMARTS) is 1. The lowest BCUT2D eigenvalue weighted by Gasteiger charge is -2.40. The number of aromatic nitrogens is 5. The van der Waals surface area contributed by atoms with Crippen molar-refractivity contribution in [3.8, 4) is 0 Å². The van der Waals surface area contributed by atoms with Crippen molar-refractivity contribution in [2.45, 2.75) is 57.5 Å². The molecule has 9 nitrogen and oxygen atoms in total. The molecule has 0 unspecified atom stereocenters. The number of nitrogens with zero attached hydrogens (tertiary/aromatic N) is 7. The number of carbonyl (C=O) groups is 1. The molecule has 2 saturated heterocycles. The van der Waals surface area contributed by atoms with E-state index in [4.69, 9.17) is 9.90 Å². The highest BCUT2D eigenvalue weighted by Crippen LogP contribution is 2.38. The topological polar surface area (TPSA) is 100 Å². The molecule has 0 bridgehead atoms. The molecule has 0 radical (unpaired) electrons. The van der Waals surface area contributed by atoms with E-state index < -0.39 is 12.1 Å². The van der Waals surface area contributed by atoms with Crippen molar-refractivity contribution in [3.63, 3.8) is 0 Å². The summed E-state index contributed by atoms with van der Waals surface area (Å²) in [5.41, 5.74) is 0. The molecule has 2 aliphatic rings. The molecule has 2 aromatic rings. The van der Waals surface area contributed by atoms with Gasteiger partial charge in [-0.1, -0.05) is 0 Å². The molecule has 170 valence electrons. The van der Waals surface area contributed by atoms with Crippen molar-refractivity contribution >= 4 is 11.9 Å². The summed E-state index contributed by atoms with van der Waals surface area (Å²) in [5, 5.41) is 11.4. The molecule has 0 spiro atoms. The van der Waals surface area contributed by atoms with E-state index in [0.717, 1.165) is 25.6 Å². The van der Waals surface area contributed by atoms with E-state index in [9.17, 15) is 13.2 Å². The molecule has 4 rings (SSSR count). The van der Waals surface area contributed by atoms with Crippen LogP contribution in [-0.4, -0.2) is 78.1 Å². The van der Waals surface area contributed by atoms with Gasteiger partial charge in [-0.25, -0.2) is 19.7 Å². The summed E-state index contributed by atoms with van der Waals surface area (Å²) in [6.45, 7) is 7.62. The highest BCUT2D eigenvalue weighted by Gasteiger charge is 2.45. The maximum Gasteiger partial charge on any atom is 0.490 e. The number of aliphatic carboxylic acids is 1. The molecule has 1 N–H and O–H groups in total. The van der Waals surface area contributed by atoms with Crippen LogP contribution in [0.1, 0.15) is 26.7 Å². The Morgan fingerprint density at radius 2 is 1.97 bits per heavy atom. The van der Waals surface area contributed by atoms with E-state index in [0.29, 0.717) is 24.0 Å². The fourth-order valence-corrected chi connectivity index (χ4v) is 4.54. The largest absolute Gasteiger partial charge is 0.490 e. The van der Waals surface area contributed by atoms with Gasteiger partial charge in [0.05, 0.1) is 6.54 Å². The number of alkyl halides is 3. The average molecular weight is 441 g/mol. The van der Waals surface area contributed by atoms with Crippen molar-refractivity contribution < 1.29 is 23.1 Å². The molecule has 2 aliphatic heterocycles. The standard InChI is InChI=1S/C17H25N7.C2HF3O2/c1-13(2)24-15(10-23-12-18-11-21-23)8-14-9-22(7-4-16(14)24)17-19-5-3-6-20-17;3-2(4,5)1(6)7/h3,5-6,11-16H,4,7-10H2,1-2H3;(H,6,7)/t14-,15+,16+;/m1./s1. The van der Waals surface area contributed by atoms with Gasteiger partial charge in [0.2, 0.25) is 5.95 Å². The predicted octanol–water partition coefficient (Wildman–Crippen LogP) is 2.08. The van der Waals surface area contributed by atoms with Crippen molar-refractivity contribution in [3.05, 3.63) is 31.1 Å². The Labute approximate surface area is 177 Å². The molecule has 2 aromatic heterocycles. The molecule has 3 atom stereocenters. The molecule has 12 heteroatoms. The van der Waals surface area contributed by atoms with E-state index in [2.05, 4.69) is 43.7 Å². The fourth-order valence-electron chi connectivity index (χ4n) is 4.54. The van der Waals surface area contributed by atoms with Gasteiger partial charge in [-0.2, -0.15) is 18.3 Å². The summed E-state index contributed by atoms with van der Waals surface area (Å²) in [4.78, 5) is 26.9. The van der Waals surface area contributed by atoms with Crippen LogP contribution in [0.25, 0.3) is 0 Å². The third kappa shape index (κ3) is 5.69. The number of likely N-dealkylation sites (tertiary alicyclic amines) is 1. The average Bonchev–Trinajstić information content (AvgIpc) is 3.35. The van der Waals surface area contributed by atoms with Crippen LogP contribution in [0, 0.1) is 5.92 Å². The summed E-state index contributed by atoms with van der Waals surface area (Å²) in [7, 11) is 0. The molecule has 2 fully saturated rings. The quantitative estimate of drug-likeness (QED) is 0.770. The Bertz CT molecular complexity index is 833. The Kier molecular flexibility index (Phi) is 7.08. The Hall–Kier alpha value is -2.76. The van der Waals surface area contributed by atoms with Crippen LogP contribution in [0.4, 0.5) is 19.1 Å². The minimum Gasteiger partial charge on any atom is -0.475 e. The Morgan fingerprint density at radius 3 is 2.52 bits per heavy atom. The lowest BCUT2D eigenvalue weighted by Crippen LogP contribution is -2.50. The van der Waals surface area contributed by atoms with Gasteiger partial charge in [-0.3, -0.25) is 9.58 Å². The van der Waals surface area contributed by atoms with Gasteiger partial charge in [-0.15, -0.1) is 0 Å². The molecular weight excluding hydrogens is 415 g/mol. The zero-order valence-corrected chi connectivity index (χ0v) is 17.4. The number of hydrogen-bond acceptors (Lipinski definition) is 7. The highest BCUT2D eigenvalue weighted by molar-refractivity contribution is 5.73. The van der Waals surface area contributed by atoms with Gasteiger partial charge < -0.3 is 10.0 Å². The smallest absolute Gasteiger partial charge is 0.475 e.